The number of carbonyl (C=O) groups excluding carboxylic acids is 1. The van der Waals surface area contributed by atoms with E-state index < -0.39 is 0 Å². The summed E-state index contributed by atoms with van der Waals surface area (Å²) in [6, 6.07) is 0.722. The van der Waals surface area contributed by atoms with E-state index in [1.807, 2.05) is 0 Å². The number of nitrogens with one attached hydrogen (secondary N) is 1. The van der Waals surface area contributed by atoms with Crippen LogP contribution in [0.1, 0.15) is 39.0 Å². The number of piperazine rings is 1. The van der Waals surface area contributed by atoms with Crippen molar-refractivity contribution >= 4 is 5.91 Å². The fourth-order valence-corrected chi connectivity index (χ4v) is 3.52. The highest BCUT2D eigenvalue weighted by atomic mass is 16.2. The largest absolute Gasteiger partial charge is 0.355 e. The molecule has 0 radical (unpaired) electrons. The van der Waals surface area contributed by atoms with Gasteiger partial charge in [0, 0.05) is 38.8 Å². The number of nitrogens with zero attached hydrogens (tertiary/aromatic N) is 2. The van der Waals surface area contributed by atoms with Crippen LogP contribution in [0.3, 0.4) is 0 Å². The predicted octanol–water partition coefficient (Wildman–Crippen LogP) is 0.400. The summed E-state index contributed by atoms with van der Waals surface area (Å²) in [4.78, 5) is 17.0. The Labute approximate surface area is 122 Å². The van der Waals surface area contributed by atoms with Gasteiger partial charge in [-0.25, -0.2) is 0 Å². The van der Waals surface area contributed by atoms with Gasteiger partial charge in [0.1, 0.15) is 0 Å². The molecule has 0 aromatic rings. The zero-order valence-electron chi connectivity index (χ0n) is 12.8. The topological polar surface area (TPSA) is 61.6 Å². The molecule has 1 amide bonds. The normalized spacial score (nSPS) is 27.9. The van der Waals surface area contributed by atoms with Gasteiger partial charge >= 0.3 is 0 Å². The van der Waals surface area contributed by atoms with Crippen molar-refractivity contribution < 1.29 is 4.79 Å². The lowest BCUT2D eigenvalue weighted by molar-refractivity contribution is -0.127. The first-order chi connectivity index (χ1) is 9.76. The predicted molar refractivity (Wildman–Crippen MR) is 81.5 cm³/mol. The minimum atomic E-state index is 0.106. The standard InChI is InChI=1S/C15H30N4O/c1-2-13(6-7-16)18-9-11-19(12-10-18)14-5-3-4-8-17-15(14)20/h13-14H,2-12,16H2,1H3,(H,17,20). The van der Waals surface area contributed by atoms with Gasteiger partial charge < -0.3 is 11.1 Å². The van der Waals surface area contributed by atoms with Crippen molar-refractivity contribution in [3.63, 3.8) is 0 Å². The number of carbonyl (C=O) groups is 1. The molecule has 0 spiro atoms. The summed E-state index contributed by atoms with van der Waals surface area (Å²) in [6.07, 6.45) is 5.55. The molecule has 0 aliphatic carbocycles. The monoisotopic (exact) mass is 282 g/mol. The first-order valence-electron chi connectivity index (χ1n) is 8.22. The zero-order chi connectivity index (χ0) is 14.4. The third kappa shape index (κ3) is 3.93. The molecule has 2 unspecified atom stereocenters. The minimum Gasteiger partial charge on any atom is -0.355 e. The first-order valence-corrected chi connectivity index (χ1v) is 8.22. The van der Waals surface area contributed by atoms with Gasteiger partial charge in [0.2, 0.25) is 5.91 Å². The van der Waals surface area contributed by atoms with Crippen LogP contribution in [0.15, 0.2) is 0 Å². The molecule has 3 N–H and O–H groups in total. The van der Waals surface area contributed by atoms with Gasteiger partial charge in [-0.3, -0.25) is 14.6 Å². The fraction of sp³-hybridized carbons (Fsp3) is 0.933. The van der Waals surface area contributed by atoms with E-state index in [0.717, 1.165) is 65.0 Å². The SMILES string of the molecule is CCC(CCN)N1CCN(C2CCCCNC2=O)CC1. The molecule has 2 rings (SSSR count). The van der Waals surface area contributed by atoms with E-state index in [-0.39, 0.29) is 11.9 Å². The highest BCUT2D eigenvalue weighted by Gasteiger charge is 2.31. The zero-order valence-corrected chi connectivity index (χ0v) is 12.8. The maximum absolute atomic E-state index is 12.1. The van der Waals surface area contributed by atoms with Gasteiger partial charge in [0.25, 0.3) is 0 Å². The lowest BCUT2D eigenvalue weighted by atomic mass is 10.1. The number of amides is 1. The van der Waals surface area contributed by atoms with Crippen molar-refractivity contribution in [1.82, 2.24) is 15.1 Å². The summed E-state index contributed by atoms with van der Waals surface area (Å²) in [5, 5.41) is 3.05. The smallest absolute Gasteiger partial charge is 0.237 e. The third-order valence-electron chi connectivity index (χ3n) is 4.78. The molecule has 2 atom stereocenters. The molecule has 2 aliphatic rings. The van der Waals surface area contributed by atoms with Crippen molar-refractivity contribution in [2.75, 3.05) is 39.3 Å². The maximum atomic E-state index is 12.1. The van der Waals surface area contributed by atoms with E-state index in [1.54, 1.807) is 0 Å². The Bertz CT molecular complexity index is 302. The second-order valence-corrected chi connectivity index (χ2v) is 6.01. The molecular weight excluding hydrogens is 252 g/mol. The van der Waals surface area contributed by atoms with Crippen LogP contribution < -0.4 is 11.1 Å². The van der Waals surface area contributed by atoms with Crippen molar-refractivity contribution in [2.45, 2.75) is 51.1 Å². The van der Waals surface area contributed by atoms with E-state index >= 15 is 0 Å². The van der Waals surface area contributed by atoms with Gasteiger partial charge in [0.15, 0.2) is 0 Å². The van der Waals surface area contributed by atoms with Gasteiger partial charge in [-0.2, -0.15) is 0 Å². The van der Waals surface area contributed by atoms with Crippen molar-refractivity contribution in [3.05, 3.63) is 0 Å². The second-order valence-electron chi connectivity index (χ2n) is 6.01. The molecule has 5 heteroatoms. The van der Waals surface area contributed by atoms with E-state index in [0.29, 0.717) is 6.04 Å². The second kappa shape index (κ2) is 7.96. The van der Waals surface area contributed by atoms with Crippen LogP contribution >= 0.6 is 0 Å². The summed E-state index contributed by atoms with van der Waals surface area (Å²) >= 11 is 0. The van der Waals surface area contributed by atoms with Gasteiger partial charge in [0.05, 0.1) is 6.04 Å². The number of hydrogen-bond acceptors (Lipinski definition) is 4. The summed E-state index contributed by atoms with van der Waals surface area (Å²) in [5.74, 6) is 0.241. The lowest BCUT2D eigenvalue weighted by Gasteiger charge is -2.41. The van der Waals surface area contributed by atoms with E-state index in [2.05, 4.69) is 22.0 Å². The molecule has 2 aliphatic heterocycles. The highest BCUT2D eigenvalue weighted by Crippen LogP contribution is 2.17. The van der Waals surface area contributed by atoms with Crippen molar-refractivity contribution in [1.29, 1.82) is 0 Å². The Morgan fingerprint density at radius 1 is 1.30 bits per heavy atom. The average molecular weight is 282 g/mol. The number of rotatable bonds is 5. The molecule has 5 nitrogen and oxygen atoms in total. The van der Waals surface area contributed by atoms with Crippen LogP contribution in [0.2, 0.25) is 0 Å². The molecule has 116 valence electrons. The Kier molecular flexibility index (Phi) is 6.26. The van der Waals surface area contributed by atoms with Crippen LogP contribution in [0.5, 0.6) is 0 Å². The Morgan fingerprint density at radius 2 is 2.05 bits per heavy atom. The number of hydrogen-bond donors (Lipinski definition) is 2. The summed E-state index contributed by atoms with van der Waals surface area (Å²) < 4.78 is 0. The van der Waals surface area contributed by atoms with Crippen LogP contribution in [0.4, 0.5) is 0 Å². The fourth-order valence-electron chi connectivity index (χ4n) is 3.52. The maximum Gasteiger partial charge on any atom is 0.237 e. The molecule has 0 bridgehead atoms. The Balaban J connectivity index is 1.85. The average Bonchev–Trinajstić information content (AvgIpc) is 2.70. The molecule has 20 heavy (non-hydrogen) atoms. The third-order valence-corrected chi connectivity index (χ3v) is 4.78. The Morgan fingerprint density at radius 3 is 2.70 bits per heavy atom. The Hall–Kier alpha value is -0.650. The summed E-state index contributed by atoms with van der Waals surface area (Å²) in [5.41, 5.74) is 5.70. The van der Waals surface area contributed by atoms with Gasteiger partial charge in [-0.1, -0.05) is 6.92 Å². The quantitative estimate of drug-likeness (QED) is 0.766. The van der Waals surface area contributed by atoms with Crippen LogP contribution in [0, 0.1) is 0 Å². The summed E-state index contributed by atoms with van der Waals surface area (Å²) in [6.45, 7) is 8.03. The van der Waals surface area contributed by atoms with E-state index in [9.17, 15) is 4.79 Å². The molecule has 0 aromatic carbocycles. The first kappa shape index (κ1) is 15.7. The molecule has 0 aromatic heterocycles. The van der Waals surface area contributed by atoms with Crippen LogP contribution in [0.25, 0.3) is 0 Å². The van der Waals surface area contributed by atoms with Gasteiger partial charge in [-0.05, 0) is 38.6 Å². The van der Waals surface area contributed by atoms with Crippen LogP contribution in [-0.2, 0) is 4.79 Å². The molecule has 0 saturated carbocycles. The highest BCUT2D eigenvalue weighted by molar-refractivity contribution is 5.81. The molecule has 2 saturated heterocycles. The molecule has 2 fully saturated rings. The molecule has 2 heterocycles. The minimum absolute atomic E-state index is 0.106. The molecular formula is C15H30N4O. The van der Waals surface area contributed by atoms with Crippen LogP contribution in [-0.4, -0.2) is 67.1 Å². The van der Waals surface area contributed by atoms with E-state index in [4.69, 9.17) is 5.73 Å². The van der Waals surface area contributed by atoms with E-state index in [1.165, 1.54) is 6.42 Å². The lowest BCUT2D eigenvalue weighted by Crippen LogP contribution is -2.56. The number of nitrogens with two attached hydrogens (primary N) is 1. The van der Waals surface area contributed by atoms with Gasteiger partial charge in [-0.15, -0.1) is 0 Å². The van der Waals surface area contributed by atoms with Crippen molar-refractivity contribution in [3.8, 4) is 0 Å². The van der Waals surface area contributed by atoms with Crippen molar-refractivity contribution in [2.24, 2.45) is 5.73 Å². The summed E-state index contributed by atoms with van der Waals surface area (Å²) in [7, 11) is 0.